The number of benzene rings is 3. The van der Waals surface area contributed by atoms with E-state index >= 15 is 0 Å². The Bertz CT molecular complexity index is 537. The van der Waals surface area contributed by atoms with Crippen molar-refractivity contribution in [1.82, 2.24) is 0 Å². The second-order valence-electron chi connectivity index (χ2n) is 4.89. The molecule has 0 aliphatic carbocycles. The molecule has 0 heterocycles. The Kier molecular flexibility index (Phi) is 18.9. The van der Waals surface area contributed by atoms with Crippen molar-refractivity contribution in [2.24, 2.45) is 0 Å². The fraction of sp³-hybridized carbons (Fsp3) is 0.182. The molecule has 26 heavy (non-hydrogen) atoms. The molecule has 0 spiro atoms. The van der Waals surface area contributed by atoms with Gasteiger partial charge in [0.1, 0.15) is 0 Å². The third-order valence-electron chi connectivity index (χ3n) is 3.03. The van der Waals surface area contributed by atoms with Gasteiger partial charge in [-0.3, -0.25) is 0 Å². The van der Waals surface area contributed by atoms with E-state index in [4.69, 9.17) is 37.9 Å². The summed E-state index contributed by atoms with van der Waals surface area (Å²) in [6.45, 7) is 0. The SMILES string of the molecule is [CH3][Sn+3].[S-]Cc1ccccc1.[S-]Cc1ccccc1.[S-]Cc1ccccc1. The van der Waals surface area contributed by atoms with Crippen LogP contribution in [-0.2, 0) is 55.1 Å². The topological polar surface area (TPSA) is 0 Å². The molecule has 4 heteroatoms. The molecule has 0 nitrogen and oxygen atoms in total. The fourth-order valence-electron chi connectivity index (χ4n) is 1.72. The van der Waals surface area contributed by atoms with Gasteiger partial charge in [0.05, 0.1) is 0 Å². The molecule has 0 radical (unpaired) electrons. The van der Waals surface area contributed by atoms with Crippen LogP contribution in [0.1, 0.15) is 16.7 Å². The van der Waals surface area contributed by atoms with Crippen LogP contribution in [0.2, 0.25) is 4.94 Å². The van der Waals surface area contributed by atoms with E-state index in [1.807, 2.05) is 91.0 Å². The van der Waals surface area contributed by atoms with Gasteiger partial charge in [-0.2, -0.15) is 17.3 Å². The van der Waals surface area contributed by atoms with E-state index in [0.29, 0.717) is 0 Å². The van der Waals surface area contributed by atoms with E-state index in [1.54, 1.807) is 22.5 Å². The molecule has 0 saturated heterocycles. The van der Waals surface area contributed by atoms with Gasteiger partial charge in [-0.05, 0) is 0 Å². The maximum atomic E-state index is 4.82. The van der Waals surface area contributed by atoms with Gasteiger partial charge in [0.2, 0.25) is 0 Å². The molecule has 0 N–H and O–H groups in total. The molecule has 0 atom stereocenters. The van der Waals surface area contributed by atoms with Crippen molar-refractivity contribution in [3.63, 3.8) is 0 Å². The summed E-state index contributed by atoms with van der Waals surface area (Å²) in [5.41, 5.74) is 3.67. The van der Waals surface area contributed by atoms with Crippen LogP contribution in [0.5, 0.6) is 0 Å². The van der Waals surface area contributed by atoms with E-state index < -0.39 is 0 Å². The predicted molar refractivity (Wildman–Crippen MR) is 124 cm³/mol. The molecule has 134 valence electrons. The van der Waals surface area contributed by atoms with Crippen LogP contribution in [0.25, 0.3) is 0 Å². The van der Waals surface area contributed by atoms with Gasteiger partial charge >= 0.3 is 27.5 Å². The van der Waals surface area contributed by atoms with Gasteiger partial charge in [-0.1, -0.05) is 108 Å². The molecule has 3 aromatic rings. The zero-order chi connectivity index (χ0) is 19.5. The normalized spacial score (nSPS) is 8.69. The Morgan fingerprint density at radius 1 is 0.462 bits per heavy atom. The van der Waals surface area contributed by atoms with Crippen molar-refractivity contribution in [3.05, 3.63) is 108 Å². The first-order valence-electron chi connectivity index (χ1n) is 8.16. The van der Waals surface area contributed by atoms with Crippen LogP contribution in [0.3, 0.4) is 0 Å². The molecule has 0 amide bonds. The molecular formula is C22H24S3Sn. The average molecular weight is 503 g/mol. The largest absolute Gasteiger partial charge is 0.788 e. The van der Waals surface area contributed by atoms with Crippen molar-refractivity contribution < 1.29 is 0 Å². The Morgan fingerprint density at radius 3 is 0.769 bits per heavy atom. The Morgan fingerprint density at radius 2 is 0.654 bits per heavy atom. The summed E-state index contributed by atoms with van der Waals surface area (Å²) < 4.78 is 0. The molecule has 0 aromatic heterocycles. The first-order chi connectivity index (χ1) is 12.8. The molecule has 0 bridgehead atoms. The summed E-state index contributed by atoms with van der Waals surface area (Å²) in [7, 11) is 0. The van der Waals surface area contributed by atoms with Gasteiger partial charge in [0.25, 0.3) is 0 Å². The molecule has 0 saturated carbocycles. The number of hydrogen-bond acceptors (Lipinski definition) is 3. The first kappa shape index (κ1) is 25.5. The van der Waals surface area contributed by atoms with Gasteiger partial charge in [0, 0.05) is 0 Å². The van der Waals surface area contributed by atoms with E-state index in [2.05, 4.69) is 4.94 Å². The summed E-state index contributed by atoms with van der Waals surface area (Å²) in [5.74, 6) is 2.17. The third-order valence-corrected chi connectivity index (χ3v) is 4.03. The van der Waals surface area contributed by atoms with E-state index in [9.17, 15) is 0 Å². The monoisotopic (exact) mass is 504 g/mol. The zero-order valence-corrected chi connectivity index (χ0v) is 20.3. The predicted octanol–water partition coefficient (Wildman–Crippen LogP) is 5.40. The molecule has 0 aliphatic rings. The second kappa shape index (κ2) is 19.3. The van der Waals surface area contributed by atoms with E-state index in [0.717, 1.165) is 17.3 Å². The van der Waals surface area contributed by atoms with Crippen molar-refractivity contribution in [3.8, 4) is 0 Å². The fourth-order valence-corrected chi connectivity index (χ4v) is 2.30. The van der Waals surface area contributed by atoms with Crippen molar-refractivity contribution in [2.75, 3.05) is 0 Å². The Balaban J connectivity index is 0.000000344. The van der Waals surface area contributed by atoms with Crippen LogP contribution in [0.4, 0.5) is 0 Å². The van der Waals surface area contributed by atoms with Crippen LogP contribution >= 0.6 is 0 Å². The minimum Gasteiger partial charge on any atom is -0.788 e. The minimum absolute atomic E-state index is 0.723. The Hall–Kier alpha value is -0.491. The van der Waals surface area contributed by atoms with Crippen molar-refractivity contribution in [1.29, 1.82) is 0 Å². The maximum Gasteiger partial charge on any atom is -0.0610 e. The average Bonchev–Trinajstić information content (AvgIpc) is 2.77. The minimum atomic E-state index is 0.723. The van der Waals surface area contributed by atoms with Crippen LogP contribution in [0.15, 0.2) is 91.0 Å². The maximum absolute atomic E-state index is 4.82. The third kappa shape index (κ3) is 13.7. The van der Waals surface area contributed by atoms with Crippen molar-refractivity contribution in [2.45, 2.75) is 22.2 Å². The molecular weight excluding hydrogens is 479 g/mol. The van der Waals surface area contributed by atoms with Crippen molar-refractivity contribution >= 4 is 60.4 Å². The van der Waals surface area contributed by atoms with Gasteiger partial charge in [0.15, 0.2) is 0 Å². The molecule has 0 unspecified atom stereocenters. The smallest absolute Gasteiger partial charge is 0.0610 e. The summed E-state index contributed by atoms with van der Waals surface area (Å²) in [5, 5.41) is 0. The first-order valence-corrected chi connectivity index (χ1v) is 12.7. The van der Waals surface area contributed by atoms with Crippen LogP contribution < -0.4 is 0 Å². The summed E-state index contributed by atoms with van der Waals surface area (Å²) >= 11 is 16.0. The summed E-state index contributed by atoms with van der Waals surface area (Å²) in [6, 6.07) is 30.2. The standard InChI is InChI=1S/3C7H8S.CH3.Sn/c3*8-6-7-4-2-1-3-5-7;;/h3*1-5,8H,6H2;1H3;/q;;;;+3/p-3. The number of rotatable bonds is 3. The number of hydrogen-bond donors (Lipinski definition) is 0. The zero-order valence-electron chi connectivity index (χ0n) is 15.0. The quantitative estimate of drug-likeness (QED) is 0.347. The van der Waals surface area contributed by atoms with Gasteiger partial charge < -0.3 is 37.9 Å². The molecule has 0 aliphatic heterocycles. The van der Waals surface area contributed by atoms with Crippen LogP contribution in [-0.4, -0.2) is 22.5 Å². The van der Waals surface area contributed by atoms with Gasteiger partial charge in [-0.25, -0.2) is 0 Å². The van der Waals surface area contributed by atoms with Crippen LogP contribution in [0, 0.1) is 0 Å². The van der Waals surface area contributed by atoms with E-state index in [1.165, 1.54) is 16.7 Å². The molecule has 0 fully saturated rings. The molecule has 3 aromatic carbocycles. The van der Waals surface area contributed by atoms with E-state index in [-0.39, 0.29) is 0 Å². The second-order valence-corrected chi connectivity index (χ2v) is 5.76. The summed E-state index contributed by atoms with van der Waals surface area (Å²) in [6.07, 6.45) is 0. The van der Waals surface area contributed by atoms with Gasteiger partial charge in [-0.15, -0.1) is 0 Å². The molecule has 3 rings (SSSR count). The summed E-state index contributed by atoms with van der Waals surface area (Å²) in [4.78, 5) is 2.09. The Labute approximate surface area is 189 Å².